The highest BCUT2D eigenvalue weighted by Gasteiger charge is 2.35. The highest BCUT2D eigenvalue weighted by molar-refractivity contribution is 9.10. The minimum Gasteiger partial charge on any atom is -0.398 e. The van der Waals surface area contributed by atoms with E-state index in [1.807, 2.05) is 41.5 Å². The lowest BCUT2D eigenvalue weighted by atomic mass is 10.1. The number of hydrogen-bond acceptors (Lipinski definition) is 5. The predicted octanol–water partition coefficient (Wildman–Crippen LogP) is 4.30. The number of piperazine rings is 1. The number of halogens is 1. The van der Waals surface area contributed by atoms with Gasteiger partial charge in [0.25, 0.3) is 0 Å². The average Bonchev–Trinajstić information content (AvgIpc) is 3.18. The standard InChI is InChI=1S/C23H23BrN4O2S/c1-2-21-23(30)27(13-15-3-5-18-19(25)7-8-26-20(18)11-15)9-10-28(21)22(29)6-4-17-12-16(24)14-31-17/h3-8,11-12,14,21H,2,9-10,13H2,1H3,(H2,25,26)/b6-4+. The van der Waals surface area contributed by atoms with Crippen LogP contribution < -0.4 is 5.73 Å². The molecule has 1 unspecified atom stereocenters. The van der Waals surface area contributed by atoms with Crippen LogP contribution >= 0.6 is 27.3 Å². The van der Waals surface area contributed by atoms with Crippen LogP contribution in [0.3, 0.4) is 0 Å². The molecule has 0 spiro atoms. The molecule has 0 aliphatic carbocycles. The number of carbonyl (C=O) groups is 2. The van der Waals surface area contributed by atoms with Crippen molar-refractivity contribution in [3.8, 4) is 0 Å². The quantitative estimate of drug-likeness (QED) is 0.531. The molecule has 3 heterocycles. The van der Waals surface area contributed by atoms with Gasteiger partial charge >= 0.3 is 0 Å². The molecule has 8 heteroatoms. The molecule has 6 nitrogen and oxygen atoms in total. The molecule has 2 amide bonds. The average molecular weight is 499 g/mol. The Kier molecular flexibility index (Phi) is 6.38. The maximum absolute atomic E-state index is 13.1. The van der Waals surface area contributed by atoms with Crippen molar-refractivity contribution in [2.24, 2.45) is 0 Å². The van der Waals surface area contributed by atoms with E-state index in [-0.39, 0.29) is 11.8 Å². The number of anilines is 1. The number of nitrogen functional groups attached to an aromatic ring is 1. The molecule has 0 radical (unpaired) electrons. The van der Waals surface area contributed by atoms with Crippen molar-refractivity contribution < 1.29 is 9.59 Å². The lowest BCUT2D eigenvalue weighted by Gasteiger charge is -2.40. The molecule has 1 saturated heterocycles. The fourth-order valence-electron chi connectivity index (χ4n) is 3.85. The summed E-state index contributed by atoms with van der Waals surface area (Å²) in [6, 6.07) is 9.19. The van der Waals surface area contributed by atoms with Gasteiger partial charge in [0, 0.05) is 57.7 Å². The summed E-state index contributed by atoms with van der Waals surface area (Å²) in [4.78, 5) is 34.8. The first kappa shape index (κ1) is 21.5. The highest BCUT2D eigenvalue weighted by Crippen LogP contribution is 2.24. The van der Waals surface area contributed by atoms with E-state index in [0.29, 0.717) is 31.7 Å². The van der Waals surface area contributed by atoms with Crippen LogP contribution in [-0.2, 0) is 16.1 Å². The third-order valence-electron chi connectivity index (χ3n) is 5.45. The van der Waals surface area contributed by atoms with E-state index in [4.69, 9.17) is 5.73 Å². The second kappa shape index (κ2) is 9.20. The molecule has 4 rings (SSSR count). The Morgan fingerprint density at radius 3 is 2.90 bits per heavy atom. The number of hydrogen-bond donors (Lipinski definition) is 1. The molecule has 1 aliphatic rings. The lowest BCUT2D eigenvalue weighted by Crippen LogP contribution is -2.57. The first-order valence-electron chi connectivity index (χ1n) is 10.1. The Morgan fingerprint density at radius 1 is 1.32 bits per heavy atom. The number of carbonyl (C=O) groups excluding carboxylic acids is 2. The van der Waals surface area contributed by atoms with E-state index in [2.05, 4.69) is 20.9 Å². The topological polar surface area (TPSA) is 79.5 Å². The van der Waals surface area contributed by atoms with Crippen LogP contribution in [0.25, 0.3) is 17.0 Å². The predicted molar refractivity (Wildman–Crippen MR) is 128 cm³/mol. The summed E-state index contributed by atoms with van der Waals surface area (Å²) in [7, 11) is 0. The fraction of sp³-hybridized carbons (Fsp3) is 0.261. The molecular weight excluding hydrogens is 476 g/mol. The van der Waals surface area contributed by atoms with Crippen LogP contribution in [0.2, 0.25) is 0 Å². The Balaban J connectivity index is 1.46. The van der Waals surface area contributed by atoms with E-state index < -0.39 is 6.04 Å². The molecule has 31 heavy (non-hydrogen) atoms. The van der Waals surface area contributed by atoms with Gasteiger partial charge in [-0.1, -0.05) is 19.1 Å². The molecule has 160 valence electrons. The van der Waals surface area contributed by atoms with Crippen LogP contribution in [0.4, 0.5) is 5.69 Å². The molecule has 1 atom stereocenters. The van der Waals surface area contributed by atoms with Gasteiger partial charge in [0.2, 0.25) is 11.8 Å². The zero-order chi connectivity index (χ0) is 22.0. The van der Waals surface area contributed by atoms with E-state index in [1.165, 1.54) is 0 Å². The van der Waals surface area contributed by atoms with Gasteiger partial charge in [-0.05, 0) is 52.2 Å². The van der Waals surface area contributed by atoms with Crippen LogP contribution in [0.1, 0.15) is 23.8 Å². The minimum atomic E-state index is -0.449. The van der Waals surface area contributed by atoms with Crippen molar-refractivity contribution in [1.82, 2.24) is 14.8 Å². The van der Waals surface area contributed by atoms with Gasteiger partial charge in [-0.15, -0.1) is 11.3 Å². The zero-order valence-corrected chi connectivity index (χ0v) is 19.5. The number of nitrogens with zero attached hydrogens (tertiary/aromatic N) is 3. The number of nitrogens with two attached hydrogens (primary N) is 1. The van der Waals surface area contributed by atoms with Crippen LogP contribution in [-0.4, -0.2) is 45.7 Å². The second-order valence-electron chi connectivity index (χ2n) is 7.47. The summed E-state index contributed by atoms with van der Waals surface area (Å²) in [5, 5.41) is 2.88. The van der Waals surface area contributed by atoms with E-state index in [1.54, 1.807) is 40.7 Å². The van der Waals surface area contributed by atoms with Crippen molar-refractivity contribution >= 4 is 61.7 Å². The van der Waals surface area contributed by atoms with Gasteiger partial charge in [-0.25, -0.2) is 0 Å². The Labute approximate surface area is 193 Å². The monoisotopic (exact) mass is 498 g/mol. The van der Waals surface area contributed by atoms with Gasteiger partial charge in [0.15, 0.2) is 0 Å². The van der Waals surface area contributed by atoms with Crippen molar-refractivity contribution in [3.63, 3.8) is 0 Å². The molecule has 2 N–H and O–H groups in total. The van der Waals surface area contributed by atoms with Gasteiger partial charge in [-0.2, -0.15) is 0 Å². The van der Waals surface area contributed by atoms with Crippen LogP contribution in [0, 0.1) is 0 Å². The second-order valence-corrected chi connectivity index (χ2v) is 9.33. The first-order valence-corrected chi connectivity index (χ1v) is 11.8. The molecular formula is C23H23BrN4O2S. The number of rotatable bonds is 5. The normalized spacial score (nSPS) is 17.1. The van der Waals surface area contributed by atoms with Crippen molar-refractivity contribution in [1.29, 1.82) is 0 Å². The first-order chi connectivity index (χ1) is 15.0. The molecule has 0 saturated carbocycles. The molecule has 1 fully saturated rings. The number of thiophene rings is 1. The number of aromatic nitrogens is 1. The Hall–Kier alpha value is -2.71. The Morgan fingerprint density at radius 2 is 2.16 bits per heavy atom. The summed E-state index contributed by atoms with van der Waals surface area (Å²) in [6.45, 7) is 3.44. The van der Waals surface area contributed by atoms with Crippen molar-refractivity contribution in [2.75, 3.05) is 18.8 Å². The number of pyridine rings is 1. The summed E-state index contributed by atoms with van der Waals surface area (Å²) in [5.41, 5.74) is 8.51. The fourth-order valence-corrected chi connectivity index (χ4v) is 5.19. The van der Waals surface area contributed by atoms with E-state index in [9.17, 15) is 9.59 Å². The molecule has 1 aromatic carbocycles. The molecule has 2 aromatic heterocycles. The van der Waals surface area contributed by atoms with Gasteiger partial charge < -0.3 is 15.5 Å². The lowest BCUT2D eigenvalue weighted by molar-refractivity contribution is -0.149. The molecule has 0 bridgehead atoms. The van der Waals surface area contributed by atoms with Gasteiger partial charge in [0.1, 0.15) is 6.04 Å². The summed E-state index contributed by atoms with van der Waals surface area (Å²) < 4.78 is 0.992. The maximum atomic E-state index is 13.1. The summed E-state index contributed by atoms with van der Waals surface area (Å²) >= 11 is 4.97. The SMILES string of the molecule is CCC1C(=O)N(Cc2ccc3c(N)ccnc3c2)CCN1C(=O)/C=C/c1cc(Br)cs1. The largest absolute Gasteiger partial charge is 0.398 e. The van der Waals surface area contributed by atoms with E-state index in [0.717, 1.165) is 25.8 Å². The third kappa shape index (κ3) is 4.65. The third-order valence-corrected chi connectivity index (χ3v) is 7.10. The number of amides is 2. The van der Waals surface area contributed by atoms with Crippen molar-refractivity contribution in [3.05, 3.63) is 62.9 Å². The van der Waals surface area contributed by atoms with Crippen LogP contribution in [0.15, 0.2) is 52.5 Å². The summed E-state index contributed by atoms with van der Waals surface area (Å²) in [6.07, 6.45) is 5.63. The van der Waals surface area contributed by atoms with Gasteiger partial charge in [0.05, 0.1) is 5.52 Å². The number of benzene rings is 1. The van der Waals surface area contributed by atoms with Crippen molar-refractivity contribution in [2.45, 2.75) is 25.9 Å². The smallest absolute Gasteiger partial charge is 0.247 e. The minimum absolute atomic E-state index is 0.0185. The molecule has 3 aromatic rings. The highest BCUT2D eigenvalue weighted by atomic mass is 79.9. The summed E-state index contributed by atoms with van der Waals surface area (Å²) in [5.74, 6) is -0.148. The van der Waals surface area contributed by atoms with Gasteiger partial charge in [-0.3, -0.25) is 14.6 Å². The molecule has 1 aliphatic heterocycles. The van der Waals surface area contributed by atoms with E-state index >= 15 is 0 Å². The van der Waals surface area contributed by atoms with Crippen LogP contribution in [0.5, 0.6) is 0 Å². The maximum Gasteiger partial charge on any atom is 0.247 e. The number of fused-ring (bicyclic) bond motifs is 1. The zero-order valence-electron chi connectivity index (χ0n) is 17.1. The Bertz CT molecular complexity index is 1160.